The molecule has 14 aromatic rings. The fourth-order valence-electron chi connectivity index (χ4n) is 19.6. The number of fused-ring (bicyclic) bond motifs is 2. The van der Waals surface area contributed by atoms with Crippen LogP contribution in [0.2, 0.25) is 0 Å². The van der Waals surface area contributed by atoms with E-state index in [4.69, 9.17) is 18.9 Å². The van der Waals surface area contributed by atoms with Crippen LogP contribution in [0.1, 0.15) is 280 Å². The first-order chi connectivity index (χ1) is 65.6. The molecule has 0 aliphatic carbocycles. The topological polar surface area (TPSA) is 181 Å². The van der Waals surface area contributed by atoms with E-state index in [1.165, 1.54) is 32.1 Å². The summed E-state index contributed by atoms with van der Waals surface area (Å²) in [4.78, 5) is 60.6. The van der Waals surface area contributed by atoms with Gasteiger partial charge in [0.15, 0.2) is 37.9 Å². The molecule has 22 aliphatic rings. The molecule has 0 unspecified atom stereocenters. The van der Waals surface area contributed by atoms with Gasteiger partial charge in [0, 0.05) is 95.9 Å². The van der Waals surface area contributed by atoms with Crippen LogP contribution in [0.5, 0.6) is 23.0 Å². The molecule has 0 atom stereocenters. The molecular formula is C118H130N10O8+2. The fraction of sp³-hybridized carbons (Fsp3) is 0.356. The number of hydrogen-bond acceptors (Lipinski definition) is 12. The zero-order valence-electron chi connectivity index (χ0n) is 81.3. The molecule has 18 heteroatoms. The van der Waals surface area contributed by atoms with Crippen molar-refractivity contribution < 1.29 is 47.3 Å². The number of hydrogen-bond donors (Lipinski definition) is 0. The molecule has 4 aromatic heterocycles. The highest BCUT2D eigenvalue weighted by Gasteiger charge is 2.44. The SMILES string of the molecule is CC(C)(C)c1ccc(C2(c3ccc(C(C)(C)C)cc3)c3ccc(cc3)OCCCCCN3C(=O)c4ccc5c6c(ccc(c46)C3=O)C(=O)N(CCCCCOc3ccc(cc3)C(c3ccc(C(C)(C)C)cc3)(c3ccc(C(C)(C)C)cc3)c3ccc(cc3)OCCCCCn3cc(nn3)CC[n+]3ccc(cc3)-c3cc[n+](cc3)CCc3cn(nn3)CCCCCOc3ccc2cc3)C5=O)cc1. The maximum Gasteiger partial charge on any atom is 0.261 e. The van der Waals surface area contributed by atoms with Gasteiger partial charge in [-0.25, -0.2) is 9.13 Å². The second-order valence-corrected chi connectivity index (χ2v) is 41.2. The van der Waals surface area contributed by atoms with Gasteiger partial charge in [-0.2, -0.15) is 0 Å². The van der Waals surface area contributed by atoms with E-state index in [0.717, 1.165) is 168 Å². The summed E-state index contributed by atoms with van der Waals surface area (Å²) >= 11 is 0. The zero-order chi connectivity index (χ0) is 94.9. The Morgan fingerprint density at radius 2 is 0.500 bits per heavy atom. The predicted molar refractivity (Wildman–Crippen MR) is 536 cm³/mol. The van der Waals surface area contributed by atoms with Gasteiger partial charge in [-0.1, -0.05) is 239 Å². The number of carbonyl (C=O) groups is 4. The van der Waals surface area contributed by atoms with E-state index in [-0.39, 0.29) is 34.7 Å². The molecule has 0 fully saturated rings. The molecule has 0 radical (unpaired) electrons. The third-order valence-corrected chi connectivity index (χ3v) is 27.7. The molecule has 698 valence electrons. The van der Waals surface area contributed by atoms with Crippen molar-refractivity contribution in [3.05, 3.63) is 380 Å². The van der Waals surface area contributed by atoms with Crippen LogP contribution in [0, 0.1) is 0 Å². The predicted octanol–water partition coefficient (Wildman–Crippen LogP) is 23.2. The van der Waals surface area contributed by atoms with Gasteiger partial charge in [0.05, 0.1) is 61.5 Å². The quantitative estimate of drug-likeness (QED) is 0.120. The lowest BCUT2D eigenvalue weighted by Gasteiger charge is -2.38. The van der Waals surface area contributed by atoms with Gasteiger partial charge in [0.1, 0.15) is 23.0 Å². The van der Waals surface area contributed by atoms with Gasteiger partial charge in [-0.05, 0) is 249 Å². The maximum atomic E-state index is 14.5. The van der Waals surface area contributed by atoms with Crippen LogP contribution in [0.15, 0.2) is 280 Å². The lowest BCUT2D eigenvalue weighted by Crippen LogP contribution is -2.43. The van der Waals surface area contributed by atoms with E-state index < -0.39 is 34.5 Å². The monoisotopic (exact) mass is 1820 g/mol. The normalized spacial score (nSPS) is 16.4. The van der Waals surface area contributed by atoms with Crippen molar-refractivity contribution in [3.8, 4) is 34.1 Å². The van der Waals surface area contributed by atoms with Crippen molar-refractivity contribution in [3.63, 3.8) is 0 Å². The number of carbonyl (C=O) groups excluding carboxylic acids is 4. The minimum atomic E-state index is -0.744. The largest absolute Gasteiger partial charge is 0.494 e. The first-order valence-electron chi connectivity index (χ1n) is 49.0. The number of aromatic nitrogens is 8. The van der Waals surface area contributed by atoms with Gasteiger partial charge in [0.25, 0.3) is 23.6 Å². The number of imide groups is 2. The molecule has 136 heavy (non-hydrogen) atoms. The molecule has 24 bridgehead atoms. The number of aryl methyl sites for hydroxylation is 6. The Hall–Kier alpha value is -13.5. The van der Waals surface area contributed by atoms with E-state index in [2.05, 4.69) is 368 Å². The second-order valence-electron chi connectivity index (χ2n) is 41.2. The van der Waals surface area contributed by atoms with Crippen molar-refractivity contribution >= 4 is 34.4 Å². The lowest BCUT2D eigenvalue weighted by atomic mass is 9.64. The second kappa shape index (κ2) is 40.6. The Labute approximate surface area is 802 Å². The summed E-state index contributed by atoms with van der Waals surface area (Å²) < 4.78 is 34.4. The van der Waals surface area contributed by atoms with Crippen molar-refractivity contribution in [1.29, 1.82) is 0 Å². The molecule has 36 rings (SSSR count). The van der Waals surface area contributed by atoms with Crippen LogP contribution in [-0.2, 0) is 71.5 Å². The fourth-order valence-corrected chi connectivity index (χ4v) is 19.6. The average molecular weight is 1820 g/mol. The van der Waals surface area contributed by atoms with Gasteiger partial charge < -0.3 is 18.9 Å². The molecule has 10 aromatic carbocycles. The molecular weight excluding hydrogens is 1690 g/mol. The molecule has 0 saturated heterocycles. The molecule has 0 saturated carbocycles. The Balaban J connectivity index is 0.582. The standard InChI is InChI=1S/C118H130N10O8/c1-113(2,3)85-25-33-89(34-26-85)117(90-35-27-86(28-36-90)114(4,5)6)93-41-49-99(50-42-93)133-77-21-13-17-67-125-81-97(119-121-125)65-75-123-71-61-83(62-72-123)84-63-73-124(74-64-84)76-66-98-82-126(122-120-98)68-18-14-22-78-134-100-51-43-94(44-52-100)118(91-37-29-87(30-38-91)115(7,8)9,92-39-31-88(32-40-92)116(10,11)12)96-47-55-102(56-48-96)136-80-24-16-20-70-128-111(131)105-59-57-103-107-104(58-60-106(108(105)107)112(128)132)110(130)127(109(103)129)69-19-15-23-79-135-101-53-45-95(117)46-54-101/h25-64,71-74,81-82H,13-24,65-70,75-80H2,1-12H3/q+2. The smallest absolute Gasteiger partial charge is 0.261 e. The Morgan fingerprint density at radius 1 is 0.272 bits per heavy atom. The molecule has 26 heterocycles. The molecule has 22 aliphatic heterocycles. The first-order valence-corrected chi connectivity index (χ1v) is 49.0. The number of rotatable bonds is 4. The molecule has 0 N–H and O–H groups in total. The Kier molecular flexibility index (Phi) is 28.1. The van der Waals surface area contributed by atoms with Crippen molar-refractivity contribution in [1.82, 2.24) is 39.8 Å². The van der Waals surface area contributed by atoms with Gasteiger partial charge in [-0.15, -0.1) is 10.2 Å². The highest BCUT2D eigenvalue weighted by atomic mass is 16.5. The van der Waals surface area contributed by atoms with Crippen LogP contribution in [0.25, 0.3) is 21.9 Å². The zero-order valence-corrected chi connectivity index (χ0v) is 81.3. The summed E-state index contributed by atoms with van der Waals surface area (Å²) in [6, 6.07) is 86.3. The van der Waals surface area contributed by atoms with Crippen molar-refractivity contribution in [2.75, 3.05) is 39.5 Å². The van der Waals surface area contributed by atoms with E-state index >= 15 is 0 Å². The number of pyridine rings is 2. The van der Waals surface area contributed by atoms with Gasteiger partial charge in [-0.3, -0.25) is 38.3 Å². The van der Waals surface area contributed by atoms with Crippen LogP contribution >= 0.6 is 0 Å². The third-order valence-electron chi connectivity index (χ3n) is 27.7. The lowest BCUT2D eigenvalue weighted by molar-refractivity contribution is -0.696. The van der Waals surface area contributed by atoms with Crippen molar-refractivity contribution in [2.45, 2.75) is 232 Å². The van der Waals surface area contributed by atoms with Crippen LogP contribution in [0.3, 0.4) is 0 Å². The highest BCUT2D eigenvalue weighted by Crippen LogP contribution is 2.50. The summed E-state index contributed by atoms with van der Waals surface area (Å²) in [6.45, 7) is 32.6. The number of benzene rings is 10. The highest BCUT2D eigenvalue weighted by molar-refractivity contribution is 6.33. The Morgan fingerprint density at radius 3 is 0.735 bits per heavy atom. The van der Waals surface area contributed by atoms with E-state index in [1.807, 2.05) is 9.36 Å². The van der Waals surface area contributed by atoms with Crippen LogP contribution in [0.4, 0.5) is 0 Å². The van der Waals surface area contributed by atoms with Crippen molar-refractivity contribution in [2.24, 2.45) is 0 Å². The number of amides is 4. The van der Waals surface area contributed by atoms with E-state index in [1.54, 1.807) is 24.3 Å². The van der Waals surface area contributed by atoms with E-state index in [0.29, 0.717) is 98.0 Å². The maximum absolute atomic E-state index is 14.5. The van der Waals surface area contributed by atoms with E-state index in [9.17, 15) is 19.2 Å². The van der Waals surface area contributed by atoms with Crippen LogP contribution < -0.4 is 28.1 Å². The minimum absolute atomic E-state index is 0.0537. The summed E-state index contributed by atoms with van der Waals surface area (Å²) in [5.41, 5.74) is 17.7. The number of ether oxygens (including phenoxy) is 4. The molecule has 4 amide bonds. The first kappa shape index (κ1) is 94.3. The van der Waals surface area contributed by atoms with Gasteiger partial charge in [0.2, 0.25) is 0 Å². The third kappa shape index (κ3) is 20.7. The summed E-state index contributed by atoms with van der Waals surface area (Å²) in [5.74, 6) is 1.35. The summed E-state index contributed by atoms with van der Waals surface area (Å²) in [7, 11) is 0. The molecule has 0 spiro atoms. The average Bonchev–Trinajstić information content (AvgIpc) is 0.787. The number of nitrogens with zero attached hydrogens (tertiary/aromatic N) is 10. The Bertz CT molecular complexity index is 5920. The van der Waals surface area contributed by atoms with Crippen LogP contribution in [-0.4, -0.2) is 103 Å². The molecule has 18 nitrogen and oxygen atoms in total. The van der Waals surface area contributed by atoms with Gasteiger partial charge >= 0.3 is 0 Å². The minimum Gasteiger partial charge on any atom is -0.494 e. The summed E-state index contributed by atoms with van der Waals surface area (Å²) in [6.07, 6.45) is 23.8. The summed E-state index contributed by atoms with van der Waals surface area (Å²) in [5, 5.41) is 18.9.